The molecule has 2 heterocycles. The number of carbonyl (C=O) groups is 2. The maximum absolute atomic E-state index is 11.3. The van der Waals surface area contributed by atoms with Gasteiger partial charge in [0.25, 0.3) is 5.91 Å². The second-order valence-corrected chi connectivity index (χ2v) is 3.29. The fraction of sp³-hybridized carbons (Fsp3) is 0.0909. The highest BCUT2D eigenvalue weighted by Gasteiger charge is 2.08. The van der Waals surface area contributed by atoms with Crippen LogP contribution in [-0.4, -0.2) is 34.0 Å². The van der Waals surface area contributed by atoms with Crippen LogP contribution in [0.5, 0.6) is 0 Å². The van der Waals surface area contributed by atoms with Gasteiger partial charge in [0.2, 0.25) is 0 Å². The van der Waals surface area contributed by atoms with E-state index in [2.05, 4.69) is 15.4 Å². The molecule has 6 heteroatoms. The van der Waals surface area contributed by atoms with Crippen LogP contribution in [0, 0.1) is 0 Å². The minimum atomic E-state index is -0.256. The highest BCUT2D eigenvalue weighted by atomic mass is 16.1. The van der Waals surface area contributed by atoms with E-state index < -0.39 is 0 Å². The molecule has 0 radical (unpaired) electrons. The Labute approximate surface area is 97.3 Å². The second kappa shape index (κ2) is 4.56. The van der Waals surface area contributed by atoms with Gasteiger partial charge in [-0.05, 0) is 18.2 Å². The molecule has 0 unspecified atom stereocenters. The number of aldehydes is 1. The zero-order chi connectivity index (χ0) is 12.3. The molecule has 6 nitrogen and oxygen atoms in total. The van der Waals surface area contributed by atoms with Crippen molar-refractivity contribution in [2.75, 3.05) is 7.05 Å². The Kier molecular flexibility index (Phi) is 2.95. The van der Waals surface area contributed by atoms with Crippen LogP contribution in [0.15, 0.2) is 30.6 Å². The number of rotatable bonds is 3. The molecule has 0 aliphatic heterocycles. The minimum absolute atomic E-state index is 0.256. The normalized spacial score (nSPS) is 9.94. The summed E-state index contributed by atoms with van der Waals surface area (Å²) in [6.07, 6.45) is 3.80. The molecule has 0 spiro atoms. The van der Waals surface area contributed by atoms with E-state index in [-0.39, 0.29) is 5.91 Å². The van der Waals surface area contributed by atoms with Gasteiger partial charge in [-0.15, -0.1) is 0 Å². The first-order valence-electron chi connectivity index (χ1n) is 4.94. The lowest BCUT2D eigenvalue weighted by Crippen LogP contribution is -2.18. The van der Waals surface area contributed by atoms with Crippen molar-refractivity contribution in [2.24, 2.45) is 0 Å². The first kappa shape index (κ1) is 11.0. The summed E-state index contributed by atoms with van der Waals surface area (Å²) in [5.74, 6) is 0.291. The third-order valence-corrected chi connectivity index (χ3v) is 2.19. The lowest BCUT2D eigenvalue weighted by Gasteiger charge is -1.99. The van der Waals surface area contributed by atoms with Crippen molar-refractivity contribution in [3.63, 3.8) is 0 Å². The predicted octanol–water partition coefficient (Wildman–Crippen LogP) is 0.439. The molecule has 0 aliphatic carbocycles. The first-order valence-corrected chi connectivity index (χ1v) is 4.94. The maximum Gasteiger partial charge on any atom is 0.271 e. The van der Waals surface area contributed by atoms with E-state index in [0.717, 1.165) is 6.29 Å². The van der Waals surface area contributed by atoms with Crippen LogP contribution in [-0.2, 0) is 0 Å². The van der Waals surface area contributed by atoms with Crippen molar-refractivity contribution in [3.05, 3.63) is 41.9 Å². The van der Waals surface area contributed by atoms with Crippen molar-refractivity contribution in [1.82, 2.24) is 20.1 Å². The minimum Gasteiger partial charge on any atom is -0.354 e. The molecule has 0 atom stereocenters. The quantitative estimate of drug-likeness (QED) is 0.776. The van der Waals surface area contributed by atoms with Crippen molar-refractivity contribution >= 4 is 12.2 Å². The Morgan fingerprint density at radius 1 is 1.41 bits per heavy atom. The SMILES string of the molecule is CNC(=O)c1ccn(-c2ccc(C=O)cn2)n1. The maximum atomic E-state index is 11.3. The average Bonchev–Trinajstić information content (AvgIpc) is 2.87. The predicted molar refractivity (Wildman–Crippen MR) is 60.1 cm³/mol. The summed E-state index contributed by atoms with van der Waals surface area (Å²) in [6.45, 7) is 0. The molecule has 0 aromatic carbocycles. The van der Waals surface area contributed by atoms with Gasteiger partial charge in [0.15, 0.2) is 17.8 Å². The molecular formula is C11H10N4O2. The number of hydrogen-bond donors (Lipinski definition) is 1. The molecule has 17 heavy (non-hydrogen) atoms. The number of amides is 1. The van der Waals surface area contributed by atoms with E-state index in [1.165, 1.54) is 10.9 Å². The smallest absolute Gasteiger partial charge is 0.271 e. The third-order valence-electron chi connectivity index (χ3n) is 2.19. The summed E-state index contributed by atoms with van der Waals surface area (Å²) in [7, 11) is 1.54. The number of hydrogen-bond acceptors (Lipinski definition) is 4. The number of nitrogens with zero attached hydrogens (tertiary/aromatic N) is 3. The number of nitrogens with one attached hydrogen (secondary N) is 1. The van der Waals surface area contributed by atoms with Gasteiger partial charge < -0.3 is 5.32 Å². The van der Waals surface area contributed by atoms with Crippen LogP contribution < -0.4 is 5.32 Å². The summed E-state index contributed by atoms with van der Waals surface area (Å²) in [6, 6.07) is 4.88. The van der Waals surface area contributed by atoms with Crippen LogP contribution in [0.4, 0.5) is 0 Å². The fourth-order valence-electron chi connectivity index (χ4n) is 1.30. The van der Waals surface area contributed by atoms with Crippen molar-refractivity contribution < 1.29 is 9.59 Å². The molecule has 2 aromatic rings. The van der Waals surface area contributed by atoms with Crippen LogP contribution in [0.25, 0.3) is 5.82 Å². The van der Waals surface area contributed by atoms with Gasteiger partial charge in [-0.2, -0.15) is 5.10 Å². The van der Waals surface area contributed by atoms with Crippen molar-refractivity contribution in [2.45, 2.75) is 0 Å². The Balaban J connectivity index is 2.30. The van der Waals surface area contributed by atoms with Crippen LogP contribution in [0.1, 0.15) is 20.8 Å². The van der Waals surface area contributed by atoms with Crippen LogP contribution in [0.2, 0.25) is 0 Å². The molecule has 0 saturated heterocycles. The largest absolute Gasteiger partial charge is 0.354 e. The number of pyridine rings is 1. The van der Waals surface area contributed by atoms with Gasteiger partial charge in [0.1, 0.15) is 0 Å². The highest BCUT2D eigenvalue weighted by Crippen LogP contribution is 2.05. The summed E-state index contributed by atoms with van der Waals surface area (Å²) < 4.78 is 1.47. The molecular weight excluding hydrogens is 220 g/mol. The van der Waals surface area contributed by atoms with Gasteiger partial charge in [-0.1, -0.05) is 0 Å². The molecule has 0 fully saturated rings. The van der Waals surface area contributed by atoms with E-state index >= 15 is 0 Å². The lowest BCUT2D eigenvalue weighted by molar-refractivity contribution is 0.0957. The van der Waals surface area contributed by atoms with Gasteiger partial charge in [-0.3, -0.25) is 9.59 Å². The van der Waals surface area contributed by atoms with Gasteiger partial charge in [0.05, 0.1) is 0 Å². The molecule has 0 bridgehead atoms. The number of carbonyl (C=O) groups excluding carboxylic acids is 2. The Bertz CT molecular complexity index is 545. The third kappa shape index (κ3) is 2.20. The van der Waals surface area contributed by atoms with Crippen molar-refractivity contribution in [3.8, 4) is 5.82 Å². The Morgan fingerprint density at radius 2 is 2.24 bits per heavy atom. The monoisotopic (exact) mass is 230 g/mol. The van der Waals surface area contributed by atoms with E-state index in [0.29, 0.717) is 17.1 Å². The zero-order valence-electron chi connectivity index (χ0n) is 9.12. The van der Waals surface area contributed by atoms with Gasteiger partial charge >= 0.3 is 0 Å². The van der Waals surface area contributed by atoms with E-state index in [1.54, 1.807) is 31.4 Å². The van der Waals surface area contributed by atoms with Crippen LogP contribution in [0.3, 0.4) is 0 Å². The Morgan fingerprint density at radius 3 is 2.82 bits per heavy atom. The van der Waals surface area contributed by atoms with E-state index in [1.807, 2.05) is 0 Å². The summed E-state index contributed by atoms with van der Waals surface area (Å²) in [5.41, 5.74) is 0.807. The van der Waals surface area contributed by atoms with E-state index in [4.69, 9.17) is 0 Å². The van der Waals surface area contributed by atoms with Crippen molar-refractivity contribution in [1.29, 1.82) is 0 Å². The standard InChI is InChI=1S/C11H10N4O2/c1-12-11(17)9-4-5-15(14-9)10-3-2-8(7-16)6-13-10/h2-7H,1H3,(H,12,17). The zero-order valence-corrected chi connectivity index (χ0v) is 9.12. The molecule has 0 saturated carbocycles. The van der Waals surface area contributed by atoms with Gasteiger partial charge in [0, 0.05) is 25.0 Å². The second-order valence-electron chi connectivity index (χ2n) is 3.29. The molecule has 1 N–H and O–H groups in total. The molecule has 1 amide bonds. The van der Waals surface area contributed by atoms with Crippen LogP contribution >= 0.6 is 0 Å². The lowest BCUT2D eigenvalue weighted by atomic mass is 10.3. The van der Waals surface area contributed by atoms with E-state index in [9.17, 15) is 9.59 Å². The van der Waals surface area contributed by atoms with Gasteiger partial charge in [-0.25, -0.2) is 9.67 Å². The average molecular weight is 230 g/mol. The fourth-order valence-corrected chi connectivity index (χ4v) is 1.30. The first-order chi connectivity index (χ1) is 8.24. The Hall–Kier alpha value is -2.50. The topological polar surface area (TPSA) is 76.9 Å². The molecule has 2 aromatic heterocycles. The molecule has 2 rings (SSSR count). The molecule has 0 aliphatic rings. The summed E-state index contributed by atoms with van der Waals surface area (Å²) >= 11 is 0. The summed E-state index contributed by atoms with van der Waals surface area (Å²) in [4.78, 5) is 25.8. The highest BCUT2D eigenvalue weighted by molar-refractivity contribution is 5.91. The number of aromatic nitrogens is 3. The molecule has 86 valence electrons. The summed E-state index contributed by atoms with van der Waals surface area (Å²) in [5, 5.41) is 6.54.